The van der Waals surface area contributed by atoms with Crippen LogP contribution in [-0.2, 0) is 11.3 Å². The molecule has 30 heavy (non-hydrogen) atoms. The fourth-order valence-corrected chi connectivity index (χ4v) is 4.11. The second-order valence-corrected chi connectivity index (χ2v) is 9.10. The monoisotopic (exact) mass is 422 g/mol. The highest BCUT2D eigenvalue weighted by molar-refractivity contribution is 5.92. The number of aliphatic hydroxyl groups excluding tert-OH is 1. The number of carbonyl (C=O) groups is 1. The molecule has 0 aromatic carbocycles. The van der Waals surface area contributed by atoms with Crippen molar-refractivity contribution in [3.05, 3.63) is 17.8 Å². The van der Waals surface area contributed by atoms with Gasteiger partial charge in [-0.05, 0) is 18.8 Å². The lowest BCUT2D eigenvalue weighted by molar-refractivity contribution is -0.000850. The Bertz CT molecular complexity index is 637. The van der Waals surface area contributed by atoms with E-state index in [1.165, 1.54) is 25.5 Å². The number of hydrogen-bond acceptors (Lipinski definition) is 7. The van der Waals surface area contributed by atoms with Crippen molar-refractivity contribution < 1.29 is 19.1 Å². The van der Waals surface area contributed by atoms with Crippen molar-refractivity contribution in [1.29, 1.82) is 0 Å². The Morgan fingerprint density at radius 3 is 2.60 bits per heavy atom. The van der Waals surface area contributed by atoms with E-state index >= 15 is 0 Å². The van der Waals surface area contributed by atoms with Gasteiger partial charge in [-0.15, -0.1) is 0 Å². The minimum absolute atomic E-state index is 0.129. The van der Waals surface area contributed by atoms with Crippen LogP contribution in [0.4, 0.5) is 0 Å². The number of rotatable bonds is 10. The first-order chi connectivity index (χ1) is 14.5. The van der Waals surface area contributed by atoms with Crippen LogP contribution in [0.15, 0.2) is 10.7 Å². The number of carbonyl (C=O) groups excluding carboxylic acids is 1. The molecule has 0 unspecified atom stereocenters. The smallest absolute Gasteiger partial charge is 0.273 e. The SMILES string of the molecule is CC(C)COC[C@H](O)CN1CCN(Cc2nc(C(=O)NC3CCCCC3)co2)CC1. The predicted molar refractivity (Wildman–Crippen MR) is 114 cm³/mol. The van der Waals surface area contributed by atoms with Crippen LogP contribution in [0.1, 0.15) is 62.3 Å². The van der Waals surface area contributed by atoms with Crippen molar-refractivity contribution in [3.63, 3.8) is 0 Å². The predicted octanol–water partition coefficient (Wildman–Crippen LogP) is 1.89. The maximum atomic E-state index is 12.4. The Kier molecular flexibility index (Phi) is 9.11. The van der Waals surface area contributed by atoms with Gasteiger partial charge in [0.1, 0.15) is 6.26 Å². The van der Waals surface area contributed by atoms with Crippen molar-refractivity contribution in [2.45, 2.75) is 64.6 Å². The van der Waals surface area contributed by atoms with E-state index in [9.17, 15) is 9.90 Å². The van der Waals surface area contributed by atoms with Gasteiger partial charge in [-0.1, -0.05) is 33.1 Å². The van der Waals surface area contributed by atoms with Crippen LogP contribution in [0.25, 0.3) is 0 Å². The fourth-order valence-electron chi connectivity index (χ4n) is 4.11. The standard InChI is InChI=1S/C22H38N4O4/c1-17(2)14-29-15-19(27)12-25-8-10-26(11-9-25)13-21-24-20(16-30-21)22(28)23-18-6-4-3-5-7-18/h16-19,27H,3-15H2,1-2H3,(H,23,28)/t19-/m1/s1. The number of piperazine rings is 1. The summed E-state index contributed by atoms with van der Waals surface area (Å²) in [7, 11) is 0. The molecule has 1 saturated carbocycles. The first-order valence-corrected chi connectivity index (χ1v) is 11.5. The van der Waals surface area contributed by atoms with Crippen LogP contribution in [0.2, 0.25) is 0 Å². The average molecular weight is 423 g/mol. The summed E-state index contributed by atoms with van der Waals surface area (Å²) in [6.45, 7) is 10.0. The number of amides is 1. The molecule has 1 amide bonds. The Labute approximate surface area is 180 Å². The van der Waals surface area contributed by atoms with E-state index < -0.39 is 6.10 Å². The highest BCUT2D eigenvalue weighted by Crippen LogP contribution is 2.18. The van der Waals surface area contributed by atoms with Gasteiger partial charge in [0.2, 0.25) is 5.89 Å². The average Bonchev–Trinajstić information content (AvgIpc) is 3.19. The molecule has 2 fully saturated rings. The first-order valence-electron chi connectivity index (χ1n) is 11.5. The van der Waals surface area contributed by atoms with Crippen LogP contribution in [0, 0.1) is 5.92 Å². The third kappa shape index (κ3) is 7.65. The van der Waals surface area contributed by atoms with Gasteiger partial charge in [0.05, 0.1) is 19.3 Å². The van der Waals surface area contributed by atoms with Crippen molar-refractivity contribution in [2.75, 3.05) is 45.9 Å². The van der Waals surface area contributed by atoms with E-state index in [0.29, 0.717) is 43.8 Å². The molecular weight excluding hydrogens is 384 g/mol. The molecule has 8 heteroatoms. The molecule has 1 saturated heterocycles. The topological polar surface area (TPSA) is 91.1 Å². The van der Waals surface area contributed by atoms with Crippen molar-refractivity contribution in [2.24, 2.45) is 5.92 Å². The number of nitrogens with one attached hydrogen (secondary N) is 1. The molecule has 0 spiro atoms. The van der Waals surface area contributed by atoms with E-state index in [1.54, 1.807) is 0 Å². The van der Waals surface area contributed by atoms with Gasteiger partial charge in [-0.3, -0.25) is 14.6 Å². The second-order valence-electron chi connectivity index (χ2n) is 9.10. The Morgan fingerprint density at radius 1 is 1.20 bits per heavy atom. The summed E-state index contributed by atoms with van der Waals surface area (Å²) < 4.78 is 11.1. The van der Waals surface area contributed by atoms with Gasteiger partial charge in [-0.2, -0.15) is 0 Å². The van der Waals surface area contributed by atoms with Gasteiger partial charge in [0.25, 0.3) is 5.91 Å². The summed E-state index contributed by atoms with van der Waals surface area (Å²) >= 11 is 0. The molecule has 2 heterocycles. The van der Waals surface area contributed by atoms with Crippen LogP contribution >= 0.6 is 0 Å². The number of hydrogen-bond donors (Lipinski definition) is 2. The second kappa shape index (κ2) is 11.8. The quantitative estimate of drug-likeness (QED) is 0.595. The van der Waals surface area contributed by atoms with Crippen molar-refractivity contribution >= 4 is 5.91 Å². The summed E-state index contributed by atoms with van der Waals surface area (Å²) in [6.07, 6.45) is 6.76. The summed E-state index contributed by atoms with van der Waals surface area (Å²) in [4.78, 5) is 21.3. The zero-order chi connectivity index (χ0) is 21.3. The van der Waals surface area contributed by atoms with Crippen LogP contribution < -0.4 is 5.32 Å². The maximum Gasteiger partial charge on any atom is 0.273 e. The Morgan fingerprint density at radius 2 is 1.90 bits per heavy atom. The summed E-state index contributed by atoms with van der Waals surface area (Å²) in [5.41, 5.74) is 0.374. The molecule has 1 aliphatic heterocycles. The van der Waals surface area contributed by atoms with Gasteiger partial charge in [0.15, 0.2) is 5.69 Å². The van der Waals surface area contributed by atoms with Gasteiger partial charge < -0.3 is 19.6 Å². The lowest BCUT2D eigenvalue weighted by atomic mass is 9.95. The zero-order valence-corrected chi connectivity index (χ0v) is 18.5. The minimum Gasteiger partial charge on any atom is -0.447 e. The Hall–Kier alpha value is -1.48. The van der Waals surface area contributed by atoms with E-state index in [2.05, 4.69) is 33.9 Å². The van der Waals surface area contributed by atoms with Gasteiger partial charge >= 0.3 is 0 Å². The highest BCUT2D eigenvalue weighted by Gasteiger charge is 2.22. The van der Waals surface area contributed by atoms with Crippen LogP contribution in [-0.4, -0.2) is 83.9 Å². The molecule has 1 aromatic heterocycles. The third-order valence-electron chi connectivity index (χ3n) is 5.78. The lowest BCUT2D eigenvalue weighted by Crippen LogP contribution is -2.48. The lowest BCUT2D eigenvalue weighted by Gasteiger charge is -2.34. The van der Waals surface area contributed by atoms with E-state index in [4.69, 9.17) is 9.15 Å². The van der Waals surface area contributed by atoms with Crippen molar-refractivity contribution in [1.82, 2.24) is 20.1 Å². The zero-order valence-electron chi connectivity index (χ0n) is 18.5. The normalized spacial score (nSPS) is 20.5. The highest BCUT2D eigenvalue weighted by atomic mass is 16.5. The molecule has 1 aromatic rings. The molecular formula is C22H38N4O4. The molecule has 0 radical (unpaired) electrons. The summed E-state index contributed by atoms with van der Waals surface area (Å²) in [6, 6.07) is 0.269. The Balaban J connectivity index is 1.35. The molecule has 0 bridgehead atoms. The minimum atomic E-state index is -0.452. The fraction of sp³-hybridized carbons (Fsp3) is 0.818. The number of aromatic nitrogens is 1. The molecule has 8 nitrogen and oxygen atoms in total. The van der Waals surface area contributed by atoms with E-state index in [-0.39, 0.29) is 11.9 Å². The maximum absolute atomic E-state index is 12.4. The first kappa shape index (κ1) is 23.2. The third-order valence-corrected chi connectivity index (χ3v) is 5.78. The van der Waals surface area contributed by atoms with Gasteiger partial charge in [-0.25, -0.2) is 4.98 Å². The summed E-state index contributed by atoms with van der Waals surface area (Å²) in [5, 5.41) is 13.2. The number of aliphatic hydroxyl groups is 1. The molecule has 2 N–H and O–H groups in total. The largest absolute Gasteiger partial charge is 0.447 e. The molecule has 1 aliphatic carbocycles. The van der Waals surface area contributed by atoms with Gasteiger partial charge in [0, 0.05) is 45.4 Å². The van der Waals surface area contributed by atoms with E-state index in [0.717, 1.165) is 39.0 Å². The molecule has 3 rings (SSSR count). The summed E-state index contributed by atoms with van der Waals surface area (Å²) in [5.74, 6) is 0.935. The number of β-amino-alcohol motifs (C(OH)–C–C–N with tert-alkyl or cyclic N) is 1. The number of nitrogens with zero attached hydrogens (tertiary/aromatic N) is 3. The molecule has 2 aliphatic rings. The molecule has 1 atom stereocenters. The van der Waals surface area contributed by atoms with Crippen molar-refractivity contribution in [3.8, 4) is 0 Å². The van der Waals surface area contributed by atoms with E-state index in [1.807, 2.05) is 0 Å². The van der Waals surface area contributed by atoms with Crippen LogP contribution in [0.3, 0.4) is 0 Å². The van der Waals surface area contributed by atoms with Crippen LogP contribution in [0.5, 0.6) is 0 Å². The number of oxazole rings is 1. The molecule has 170 valence electrons. The number of ether oxygens (including phenoxy) is 1.